The molecule has 0 aliphatic carbocycles. The van der Waals surface area contributed by atoms with Gasteiger partial charge in [-0.05, 0) is 30.2 Å². The zero-order chi connectivity index (χ0) is 15.4. The highest BCUT2D eigenvalue weighted by atomic mass is 35.5. The van der Waals surface area contributed by atoms with E-state index in [1.54, 1.807) is 6.20 Å². The van der Waals surface area contributed by atoms with E-state index in [4.69, 9.17) is 16.3 Å². The fraction of sp³-hybridized carbons (Fsp3) is 0.167. The van der Waals surface area contributed by atoms with Crippen molar-refractivity contribution in [2.75, 3.05) is 0 Å². The van der Waals surface area contributed by atoms with Crippen LogP contribution >= 0.6 is 11.6 Å². The summed E-state index contributed by atoms with van der Waals surface area (Å²) in [6.45, 7) is 3.23. The van der Waals surface area contributed by atoms with Crippen molar-refractivity contribution >= 4 is 11.6 Å². The van der Waals surface area contributed by atoms with Crippen molar-refractivity contribution in [3.63, 3.8) is 0 Å². The predicted octanol–water partition coefficient (Wildman–Crippen LogP) is 4.47. The lowest BCUT2D eigenvalue weighted by Crippen LogP contribution is -2.02. The van der Waals surface area contributed by atoms with E-state index in [-0.39, 0.29) is 0 Å². The standard InChI is InChI=1S/C18H17ClN2O/c1-14-20-9-10-21(14)12-16-7-8-17(11-18(16)19)22-13-15-5-3-2-4-6-15/h2-11H,12-13H2,1H3. The highest BCUT2D eigenvalue weighted by molar-refractivity contribution is 6.31. The van der Waals surface area contributed by atoms with Gasteiger partial charge in [0.2, 0.25) is 0 Å². The van der Waals surface area contributed by atoms with E-state index in [0.29, 0.717) is 18.2 Å². The topological polar surface area (TPSA) is 27.1 Å². The Hall–Kier alpha value is -2.26. The normalized spacial score (nSPS) is 10.6. The Morgan fingerprint density at radius 2 is 1.95 bits per heavy atom. The fourth-order valence-electron chi connectivity index (χ4n) is 2.24. The van der Waals surface area contributed by atoms with Gasteiger partial charge in [-0.2, -0.15) is 0 Å². The van der Waals surface area contributed by atoms with E-state index in [0.717, 1.165) is 22.7 Å². The Morgan fingerprint density at radius 3 is 2.64 bits per heavy atom. The number of rotatable bonds is 5. The summed E-state index contributed by atoms with van der Waals surface area (Å²) in [5.74, 6) is 1.75. The SMILES string of the molecule is Cc1nccn1Cc1ccc(OCc2ccccc2)cc1Cl. The first-order chi connectivity index (χ1) is 10.7. The van der Waals surface area contributed by atoms with Crippen LogP contribution in [0.4, 0.5) is 0 Å². The number of halogens is 1. The van der Waals surface area contributed by atoms with Gasteiger partial charge in [-0.3, -0.25) is 0 Å². The van der Waals surface area contributed by atoms with Crippen LogP contribution in [-0.2, 0) is 13.2 Å². The molecule has 0 spiro atoms. The van der Waals surface area contributed by atoms with Crippen LogP contribution in [0.2, 0.25) is 5.02 Å². The third kappa shape index (κ3) is 3.49. The molecule has 2 aromatic carbocycles. The zero-order valence-corrected chi connectivity index (χ0v) is 13.1. The van der Waals surface area contributed by atoms with Crippen LogP contribution in [0.3, 0.4) is 0 Å². The van der Waals surface area contributed by atoms with Gasteiger partial charge in [0.25, 0.3) is 0 Å². The lowest BCUT2D eigenvalue weighted by Gasteiger charge is -2.10. The number of nitrogens with zero attached hydrogens (tertiary/aromatic N) is 2. The molecule has 4 heteroatoms. The molecule has 0 bridgehead atoms. The van der Waals surface area contributed by atoms with Gasteiger partial charge in [0.1, 0.15) is 18.2 Å². The summed E-state index contributed by atoms with van der Waals surface area (Å²) in [5.41, 5.74) is 2.19. The summed E-state index contributed by atoms with van der Waals surface area (Å²) in [4.78, 5) is 4.22. The number of benzene rings is 2. The minimum absolute atomic E-state index is 0.539. The van der Waals surface area contributed by atoms with Crippen LogP contribution in [0.5, 0.6) is 5.75 Å². The van der Waals surface area contributed by atoms with E-state index in [9.17, 15) is 0 Å². The van der Waals surface area contributed by atoms with Gasteiger partial charge >= 0.3 is 0 Å². The highest BCUT2D eigenvalue weighted by Crippen LogP contribution is 2.24. The second kappa shape index (κ2) is 6.67. The van der Waals surface area contributed by atoms with Crippen molar-refractivity contribution in [3.05, 3.63) is 82.9 Å². The Bertz CT molecular complexity index is 753. The predicted molar refractivity (Wildman–Crippen MR) is 88.3 cm³/mol. The molecule has 0 fully saturated rings. The molecule has 0 saturated carbocycles. The molecule has 0 atom stereocenters. The Labute approximate surface area is 135 Å². The maximum Gasteiger partial charge on any atom is 0.121 e. The van der Waals surface area contributed by atoms with Gasteiger partial charge in [0, 0.05) is 17.4 Å². The van der Waals surface area contributed by atoms with E-state index < -0.39 is 0 Å². The minimum atomic E-state index is 0.539. The smallest absolute Gasteiger partial charge is 0.121 e. The average Bonchev–Trinajstić information content (AvgIpc) is 2.94. The lowest BCUT2D eigenvalue weighted by atomic mass is 10.2. The van der Waals surface area contributed by atoms with Gasteiger partial charge in [0.05, 0.1) is 6.54 Å². The van der Waals surface area contributed by atoms with Crippen molar-refractivity contribution in [1.29, 1.82) is 0 Å². The molecule has 0 radical (unpaired) electrons. The van der Waals surface area contributed by atoms with E-state index in [1.165, 1.54) is 0 Å². The summed E-state index contributed by atoms with van der Waals surface area (Å²) < 4.78 is 7.84. The molecule has 112 valence electrons. The second-order valence-electron chi connectivity index (χ2n) is 5.13. The third-order valence-corrected chi connectivity index (χ3v) is 3.89. The van der Waals surface area contributed by atoms with Crippen molar-refractivity contribution < 1.29 is 4.74 Å². The molecule has 3 nitrogen and oxygen atoms in total. The first kappa shape index (κ1) is 14.7. The molecular formula is C18H17ClN2O. The maximum atomic E-state index is 6.37. The van der Waals surface area contributed by atoms with Crippen LogP contribution < -0.4 is 4.74 Å². The summed E-state index contributed by atoms with van der Waals surface area (Å²) in [6, 6.07) is 15.9. The molecule has 22 heavy (non-hydrogen) atoms. The molecule has 0 amide bonds. The average molecular weight is 313 g/mol. The van der Waals surface area contributed by atoms with Crippen molar-refractivity contribution in [3.8, 4) is 5.75 Å². The molecule has 0 unspecified atom stereocenters. The minimum Gasteiger partial charge on any atom is -0.489 e. The third-order valence-electron chi connectivity index (χ3n) is 3.54. The molecular weight excluding hydrogens is 296 g/mol. The van der Waals surface area contributed by atoms with Crippen molar-refractivity contribution in [1.82, 2.24) is 9.55 Å². The number of imidazole rings is 1. The van der Waals surface area contributed by atoms with Crippen LogP contribution in [0.15, 0.2) is 60.9 Å². The van der Waals surface area contributed by atoms with Gasteiger partial charge < -0.3 is 9.30 Å². The first-order valence-corrected chi connectivity index (χ1v) is 7.53. The molecule has 0 aliphatic heterocycles. The number of ether oxygens (including phenoxy) is 1. The van der Waals surface area contributed by atoms with E-state index in [2.05, 4.69) is 9.55 Å². The monoisotopic (exact) mass is 312 g/mol. The summed E-state index contributed by atoms with van der Waals surface area (Å²) >= 11 is 6.37. The van der Waals surface area contributed by atoms with Gasteiger partial charge in [-0.15, -0.1) is 0 Å². The molecule has 3 aromatic rings. The van der Waals surface area contributed by atoms with Gasteiger partial charge in [-0.25, -0.2) is 4.98 Å². The zero-order valence-electron chi connectivity index (χ0n) is 12.4. The first-order valence-electron chi connectivity index (χ1n) is 7.15. The molecule has 0 N–H and O–H groups in total. The largest absolute Gasteiger partial charge is 0.489 e. The quantitative estimate of drug-likeness (QED) is 0.695. The van der Waals surface area contributed by atoms with E-state index in [1.807, 2.05) is 61.7 Å². The number of hydrogen-bond donors (Lipinski definition) is 0. The summed E-state index contributed by atoms with van der Waals surface area (Å²) in [5, 5.41) is 0.707. The molecule has 3 rings (SSSR count). The number of aromatic nitrogens is 2. The molecule has 0 saturated heterocycles. The second-order valence-corrected chi connectivity index (χ2v) is 5.54. The number of aryl methyl sites for hydroxylation is 1. The molecule has 1 aromatic heterocycles. The van der Waals surface area contributed by atoms with Crippen LogP contribution in [0.25, 0.3) is 0 Å². The van der Waals surface area contributed by atoms with Gasteiger partial charge in [0.15, 0.2) is 0 Å². The Kier molecular flexibility index (Phi) is 4.45. The Morgan fingerprint density at radius 1 is 1.14 bits per heavy atom. The lowest BCUT2D eigenvalue weighted by molar-refractivity contribution is 0.306. The molecule has 0 aliphatic rings. The van der Waals surface area contributed by atoms with Crippen LogP contribution in [-0.4, -0.2) is 9.55 Å². The van der Waals surface area contributed by atoms with Crippen molar-refractivity contribution in [2.24, 2.45) is 0 Å². The maximum absolute atomic E-state index is 6.37. The highest BCUT2D eigenvalue weighted by Gasteiger charge is 2.05. The van der Waals surface area contributed by atoms with Crippen LogP contribution in [0.1, 0.15) is 17.0 Å². The van der Waals surface area contributed by atoms with Crippen molar-refractivity contribution in [2.45, 2.75) is 20.1 Å². The molecule has 1 heterocycles. The Balaban J connectivity index is 1.68. The number of hydrogen-bond acceptors (Lipinski definition) is 2. The summed E-state index contributed by atoms with van der Waals surface area (Å²) in [6.07, 6.45) is 3.74. The fourth-order valence-corrected chi connectivity index (χ4v) is 2.47. The van der Waals surface area contributed by atoms with Crippen LogP contribution in [0, 0.1) is 6.92 Å². The summed E-state index contributed by atoms with van der Waals surface area (Å²) in [7, 11) is 0. The van der Waals surface area contributed by atoms with E-state index >= 15 is 0 Å². The van der Waals surface area contributed by atoms with Gasteiger partial charge in [-0.1, -0.05) is 48.0 Å².